The van der Waals surface area contributed by atoms with E-state index in [9.17, 15) is 0 Å². The molecule has 0 spiro atoms. The Bertz CT molecular complexity index is 958. The van der Waals surface area contributed by atoms with Crippen molar-refractivity contribution < 1.29 is 14.2 Å². The quantitative estimate of drug-likeness (QED) is 0.405. The molecule has 0 aromatic heterocycles. The summed E-state index contributed by atoms with van der Waals surface area (Å²) in [7, 11) is 3.21. The Kier molecular flexibility index (Phi) is 7.37. The first-order chi connectivity index (χ1) is 14.0. The van der Waals surface area contributed by atoms with Gasteiger partial charge in [-0.1, -0.05) is 40.9 Å². The molecular formula is C22H20Cl3NO3. The van der Waals surface area contributed by atoms with Gasteiger partial charge in [0.25, 0.3) is 0 Å². The zero-order chi connectivity index (χ0) is 20.8. The SMILES string of the molecule is COc1ccc(NCc2cc(Cl)c(OCc3c(Cl)cccc3Cl)c(OC)c2)cc1. The summed E-state index contributed by atoms with van der Waals surface area (Å²) < 4.78 is 16.5. The van der Waals surface area contributed by atoms with E-state index in [0.29, 0.717) is 38.7 Å². The van der Waals surface area contributed by atoms with Gasteiger partial charge in [0.05, 0.1) is 19.2 Å². The Morgan fingerprint density at radius 1 is 0.828 bits per heavy atom. The maximum atomic E-state index is 6.47. The van der Waals surface area contributed by atoms with Crippen LogP contribution in [0.25, 0.3) is 0 Å². The topological polar surface area (TPSA) is 39.7 Å². The Labute approximate surface area is 185 Å². The van der Waals surface area contributed by atoms with Crippen molar-refractivity contribution in [2.24, 2.45) is 0 Å². The van der Waals surface area contributed by atoms with E-state index in [1.807, 2.05) is 36.4 Å². The van der Waals surface area contributed by atoms with E-state index in [4.69, 9.17) is 49.0 Å². The Balaban J connectivity index is 1.73. The molecule has 4 nitrogen and oxygen atoms in total. The first-order valence-electron chi connectivity index (χ1n) is 8.82. The standard InChI is InChI=1S/C22H20Cl3NO3/c1-27-16-8-6-15(7-9-16)26-12-14-10-20(25)22(21(11-14)28-2)29-13-17-18(23)4-3-5-19(17)24/h3-11,26H,12-13H2,1-2H3. The fraction of sp³-hybridized carbons (Fsp3) is 0.182. The minimum absolute atomic E-state index is 0.179. The smallest absolute Gasteiger partial charge is 0.180 e. The van der Waals surface area contributed by atoms with E-state index >= 15 is 0 Å². The van der Waals surface area contributed by atoms with Gasteiger partial charge in [-0.3, -0.25) is 0 Å². The maximum absolute atomic E-state index is 6.47. The average Bonchev–Trinajstić information content (AvgIpc) is 2.73. The van der Waals surface area contributed by atoms with Crippen LogP contribution in [0.3, 0.4) is 0 Å². The highest BCUT2D eigenvalue weighted by Gasteiger charge is 2.14. The van der Waals surface area contributed by atoms with Crippen molar-refractivity contribution >= 4 is 40.5 Å². The minimum atomic E-state index is 0.179. The summed E-state index contributed by atoms with van der Waals surface area (Å²) in [5, 5.41) is 4.85. The zero-order valence-corrected chi connectivity index (χ0v) is 18.2. The molecule has 3 aromatic carbocycles. The monoisotopic (exact) mass is 451 g/mol. The van der Waals surface area contributed by atoms with Crippen LogP contribution in [-0.2, 0) is 13.2 Å². The van der Waals surface area contributed by atoms with Crippen LogP contribution in [0.4, 0.5) is 5.69 Å². The molecule has 3 aromatic rings. The van der Waals surface area contributed by atoms with Crippen molar-refractivity contribution in [2.75, 3.05) is 19.5 Å². The van der Waals surface area contributed by atoms with Gasteiger partial charge in [-0.05, 0) is 54.1 Å². The fourth-order valence-corrected chi connectivity index (χ4v) is 3.54. The lowest BCUT2D eigenvalue weighted by molar-refractivity contribution is 0.284. The van der Waals surface area contributed by atoms with E-state index in [2.05, 4.69) is 5.32 Å². The molecule has 0 aliphatic rings. The van der Waals surface area contributed by atoms with Crippen molar-refractivity contribution in [3.63, 3.8) is 0 Å². The number of hydrogen-bond acceptors (Lipinski definition) is 4. The molecule has 0 aliphatic heterocycles. The average molecular weight is 453 g/mol. The van der Waals surface area contributed by atoms with Crippen LogP contribution < -0.4 is 19.5 Å². The van der Waals surface area contributed by atoms with Crippen molar-refractivity contribution in [1.29, 1.82) is 0 Å². The molecule has 0 heterocycles. The van der Waals surface area contributed by atoms with Gasteiger partial charge in [0, 0.05) is 27.8 Å². The lowest BCUT2D eigenvalue weighted by Crippen LogP contribution is -2.03. The second-order valence-corrected chi connectivity index (χ2v) is 7.40. The predicted octanol–water partition coefficient (Wildman–Crippen LogP) is 6.86. The van der Waals surface area contributed by atoms with Gasteiger partial charge in [-0.25, -0.2) is 0 Å². The molecule has 0 saturated heterocycles. The third-order valence-corrected chi connectivity index (χ3v) is 5.29. The summed E-state index contributed by atoms with van der Waals surface area (Å²) in [4.78, 5) is 0. The van der Waals surface area contributed by atoms with Gasteiger partial charge < -0.3 is 19.5 Å². The summed E-state index contributed by atoms with van der Waals surface area (Å²) in [5.41, 5.74) is 2.61. The Morgan fingerprint density at radius 2 is 1.52 bits per heavy atom. The normalized spacial score (nSPS) is 10.5. The fourth-order valence-electron chi connectivity index (χ4n) is 2.74. The molecule has 7 heteroatoms. The van der Waals surface area contributed by atoms with Crippen LogP contribution in [0.2, 0.25) is 15.1 Å². The van der Waals surface area contributed by atoms with Crippen LogP contribution in [0.1, 0.15) is 11.1 Å². The van der Waals surface area contributed by atoms with E-state index in [-0.39, 0.29) is 6.61 Å². The molecule has 0 bridgehead atoms. The summed E-state index contributed by atoms with van der Waals surface area (Å²) in [6.45, 7) is 0.747. The van der Waals surface area contributed by atoms with E-state index in [0.717, 1.165) is 17.0 Å². The number of anilines is 1. The second kappa shape index (κ2) is 9.97. The van der Waals surface area contributed by atoms with Gasteiger partial charge in [-0.2, -0.15) is 0 Å². The van der Waals surface area contributed by atoms with Gasteiger partial charge in [0.2, 0.25) is 0 Å². The molecule has 0 atom stereocenters. The maximum Gasteiger partial charge on any atom is 0.180 e. The molecule has 0 radical (unpaired) electrons. The summed E-state index contributed by atoms with van der Waals surface area (Å²) in [6, 6.07) is 16.7. The number of hydrogen-bond donors (Lipinski definition) is 1. The van der Waals surface area contributed by atoms with Crippen LogP contribution in [0.5, 0.6) is 17.2 Å². The van der Waals surface area contributed by atoms with Crippen molar-refractivity contribution in [2.45, 2.75) is 13.2 Å². The molecule has 3 rings (SSSR count). The molecule has 0 unspecified atom stereocenters. The number of rotatable bonds is 8. The van der Waals surface area contributed by atoms with Gasteiger partial charge >= 0.3 is 0 Å². The number of methoxy groups -OCH3 is 2. The van der Waals surface area contributed by atoms with Crippen molar-refractivity contribution in [3.05, 3.63) is 80.8 Å². The van der Waals surface area contributed by atoms with E-state index in [1.165, 1.54) is 0 Å². The third-order valence-electron chi connectivity index (χ3n) is 4.30. The van der Waals surface area contributed by atoms with Gasteiger partial charge in [0.1, 0.15) is 12.4 Å². The first-order valence-corrected chi connectivity index (χ1v) is 9.95. The summed E-state index contributed by atoms with van der Waals surface area (Å²) >= 11 is 18.9. The van der Waals surface area contributed by atoms with Crippen molar-refractivity contribution in [3.8, 4) is 17.2 Å². The lowest BCUT2D eigenvalue weighted by Gasteiger charge is -2.16. The zero-order valence-electron chi connectivity index (χ0n) is 16.0. The molecule has 1 N–H and O–H groups in total. The summed E-state index contributed by atoms with van der Waals surface area (Å²) in [5.74, 6) is 1.78. The van der Waals surface area contributed by atoms with E-state index in [1.54, 1.807) is 32.4 Å². The van der Waals surface area contributed by atoms with Gasteiger partial charge in [-0.15, -0.1) is 0 Å². The third kappa shape index (κ3) is 5.41. The van der Waals surface area contributed by atoms with Crippen LogP contribution in [0.15, 0.2) is 54.6 Å². The lowest BCUT2D eigenvalue weighted by atomic mass is 10.2. The molecule has 0 saturated carbocycles. The number of halogens is 3. The first kappa shape index (κ1) is 21.4. The summed E-state index contributed by atoms with van der Waals surface area (Å²) in [6.07, 6.45) is 0. The molecule has 0 amide bonds. The Hall–Kier alpha value is -2.27. The predicted molar refractivity (Wildman–Crippen MR) is 119 cm³/mol. The van der Waals surface area contributed by atoms with Crippen LogP contribution in [0, 0.1) is 0 Å². The second-order valence-electron chi connectivity index (χ2n) is 6.18. The highest BCUT2D eigenvalue weighted by molar-refractivity contribution is 6.36. The minimum Gasteiger partial charge on any atom is -0.497 e. The molecular weight excluding hydrogens is 433 g/mol. The molecule has 0 aliphatic carbocycles. The Morgan fingerprint density at radius 3 is 2.14 bits per heavy atom. The van der Waals surface area contributed by atoms with E-state index < -0.39 is 0 Å². The molecule has 152 valence electrons. The van der Waals surface area contributed by atoms with Gasteiger partial charge in [0.15, 0.2) is 11.5 Å². The molecule has 29 heavy (non-hydrogen) atoms. The number of benzene rings is 3. The van der Waals surface area contributed by atoms with Crippen molar-refractivity contribution in [1.82, 2.24) is 0 Å². The van der Waals surface area contributed by atoms with Crippen LogP contribution in [-0.4, -0.2) is 14.2 Å². The number of ether oxygens (including phenoxy) is 3. The molecule has 0 fully saturated rings. The highest BCUT2D eigenvalue weighted by atomic mass is 35.5. The largest absolute Gasteiger partial charge is 0.497 e. The van der Waals surface area contributed by atoms with Crippen LogP contribution >= 0.6 is 34.8 Å². The highest BCUT2D eigenvalue weighted by Crippen LogP contribution is 2.38. The number of nitrogens with one attached hydrogen (secondary N) is 1.